The molecule has 0 atom stereocenters. The molecule has 0 saturated heterocycles. The standard InChI is InChI=1S/C20H23ClN2O6S/c1-3-29-19(24)10-11-22-20(25)15-6-9-17(28-2)18(12-15)30(26,27)23-13-14-4-7-16(21)8-5-14/h4-9,12,23H,3,10-11,13H2,1-2H3,(H,22,25). The van der Waals surface area contributed by atoms with Crippen LogP contribution in [-0.4, -0.2) is 40.6 Å². The Morgan fingerprint density at radius 1 is 1.10 bits per heavy atom. The fourth-order valence-corrected chi connectivity index (χ4v) is 3.84. The van der Waals surface area contributed by atoms with E-state index in [2.05, 4.69) is 10.0 Å². The molecule has 0 spiro atoms. The van der Waals surface area contributed by atoms with Gasteiger partial charge in [0.25, 0.3) is 5.91 Å². The molecule has 162 valence electrons. The highest BCUT2D eigenvalue weighted by molar-refractivity contribution is 7.89. The van der Waals surface area contributed by atoms with Crippen molar-refractivity contribution in [3.63, 3.8) is 0 Å². The summed E-state index contributed by atoms with van der Waals surface area (Å²) in [5, 5.41) is 3.11. The first-order valence-electron chi connectivity index (χ1n) is 9.12. The minimum atomic E-state index is -3.97. The monoisotopic (exact) mass is 454 g/mol. The van der Waals surface area contributed by atoms with Crippen LogP contribution in [0.4, 0.5) is 0 Å². The summed E-state index contributed by atoms with van der Waals surface area (Å²) in [6.07, 6.45) is 0.0174. The van der Waals surface area contributed by atoms with E-state index in [-0.39, 0.29) is 42.3 Å². The number of esters is 1. The third kappa shape index (κ3) is 6.72. The first-order chi connectivity index (χ1) is 14.3. The van der Waals surface area contributed by atoms with Crippen molar-refractivity contribution in [2.24, 2.45) is 0 Å². The van der Waals surface area contributed by atoms with Gasteiger partial charge in [-0.05, 0) is 42.8 Å². The summed E-state index contributed by atoms with van der Waals surface area (Å²) in [6.45, 7) is 2.06. The average Bonchev–Trinajstić information content (AvgIpc) is 2.73. The highest BCUT2D eigenvalue weighted by Crippen LogP contribution is 2.25. The van der Waals surface area contributed by atoms with E-state index in [0.717, 1.165) is 5.56 Å². The quantitative estimate of drug-likeness (QED) is 0.533. The number of ether oxygens (including phenoxy) is 2. The number of hydrogen-bond acceptors (Lipinski definition) is 6. The number of carbonyl (C=O) groups is 2. The Hall–Kier alpha value is -2.62. The number of amides is 1. The maximum absolute atomic E-state index is 12.8. The summed E-state index contributed by atoms with van der Waals surface area (Å²) in [6, 6.07) is 10.8. The van der Waals surface area contributed by atoms with Crippen LogP contribution in [0.5, 0.6) is 5.75 Å². The van der Waals surface area contributed by atoms with E-state index >= 15 is 0 Å². The largest absolute Gasteiger partial charge is 0.495 e. The Kier molecular flexibility index (Phi) is 8.64. The third-order valence-corrected chi connectivity index (χ3v) is 5.69. The lowest BCUT2D eigenvalue weighted by molar-refractivity contribution is -0.142. The van der Waals surface area contributed by atoms with Crippen molar-refractivity contribution in [1.82, 2.24) is 10.0 Å². The normalized spacial score (nSPS) is 11.0. The average molecular weight is 455 g/mol. The van der Waals surface area contributed by atoms with Gasteiger partial charge in [0.1, 0.15) is 10.6 Å². The molecular formula is C20H23ClN2O6S. The lowest BCUT2D eigenvalue weighted by Gasteiger charge is -2.13. The molecule has 2 aromatic carbocycles. The molecule has 8 nitrogen and oxygen atoms in total. The summed E-state index contributed by atoms with van der Waals surface area (Å²) in [5.74, 6) is -0.847. The van der Waals surface area contributed by atoms with Crippen LogP contribution in [0, 0.1) is 0 Å². The molecule has 2 N–H and O–H groups in total. The molecule has 0 fully saturated rings. The number of nitrogens with one attached hydrogen (secondary N) is 2. The second kappa shape index (κ2) is 11.0. The maximum Gasteiger partial charge on any atom is 0.307 e. The van der Waals surface area contributed by atoms with Crippen molar-refractivity contribution in [2.45, 2.75) is 24.8 Å². The number of sulfonamides is 1. The maximum atomic E-state index is 12.8. The number of methoxy groups -OCH3 is 1. The van der Waals surface area contributed by atoms with Crippen LogP contribution in [0.3, 0.4) is 0 Å². The van der Waals surface area contributed by atoms with E-state index in [1.54, 1.807) is 31.2 Å². The van der Waals surface area contributed by atoms with Crippen molar-refractivity contribution in [3.05, 3.63) is 58.6 Å². The van der Waals surface area contributed by atoms with Gasteiger partial charge in [-0.1, -0.05) is 23.7 Å². The fourth-order valence-electron chi connectivity index (χ4n) is 2.50. The van der Waals surface area contributed by atoms with E-state index in [1.807, 2.05) is 0 Å². The molecule has 1 amide bonds. The lowest BCUT2D eigenvalue weighted by atomic mass is 10.2. The zero-order valence-electron chi connectivity index (χ0n) is 16.6. The van der Waals surface area contributed by atoms with Crippen LogP contribution in [0.1, 0.15) is 29.3 Å². The first-order valence-corrected chi connectivity index (χ1v) is 11.0. The second-order valence-electron chi connectivity index (χ2n) is 6.13. The number of hydrogen-bond donors (Lipinski definition) is 2. The van der Waals surface area contributed by atoms with E-state index in [1.165, 1.54) is 25.3 Å². The van der Waals surface area contributed by atoms with Gasteiger partial charge in [0, 0.05) is 23.7 Å². The number of carbonyl (C=O) groups excluding carboxylic acids is 2. The van der Waals surface area contributed by atoms with Crippen LogP contribution < -0.4 is 14.8 Å². The summed E-state index contributed by atoms with van der Waals surface area (Å²) < 4.78 is 38.0. The molecule has 2 rings (SSSR count). The van der Waals surface area contributed by atoms with Gasteiger partial charge >= 0.3 is 5.97 Å². The van der Waals surface area contributed by atoms with Crippen LogP contribution in [0.25, 0.3) is 0 Å². The molecule has 10 heteroatoms. The van der Waals surface area contributed by atoms with Crippen molar-refractivity contribution >= 4 is 33.5 Å². The fraction of sp³-hybridized carbons (Fsp3) is 0.300. The van der Waals surface area contributed by atoms with Gasteiger partial charge in [0.15, 0.2) is 0 Å². The Bertz CT molecular complexity index is 993. The molecule has 30 heavy (non-hydrogen) atoms. The van der Waals surface area contributed by atoms with Gasteiger partial charge in [-0.3, -0.25) is 9.59 Å². The molecule has 0 aliphatic rings. The van der Waals surface area contributed by atoms with Gasteiger partial charge in [0.05, 0.1) is 20.1 Å². The van der Waals surface area contributed by atoms with Crippen molar-refractivity contribution in [2.75, 3.05) is 20.3 Å². The third-order valence-electron chi connectivity index (χ3n) is 4.01. The van der Waals surface area contributed by atoms with E-state index < -0.39 is 21.9 Å². The molecule has 2 aromatic rings. The summed E-state index contributed by atoms with van der Waals surface area (Å²) >= 11 is 5.83. The zero-order chi connectivity index (χ0) is 22.1. The molecule has 0 heterocycles. The van der Waals surface area contributed by atoms with Gasteiger partial charge in [-0.15, -0.1) is 0 Å². The number of halogens is 1. The minimum absolute atomic E-state index is 0.0174. The smallest absolute Gasteiger partial charge is 0.307 e. The predicted molar refractivity (Wildman–Crippen MR) is 112 cm³/mol. The number of rotatable bonds is 10. The van der Waals surface area contributed by atoms with E-state index in [0.29, 0.717) is 5.02 Å². The molecule has 0 unspecified atom stereocenters. The van der Waals surface area contributed by atoms with Crippen LogP contribution in [0.15, 0.2) is 47.4 Å². The molecule has 0 radical (unpaired) electrons. The summed E-state index contributed by atoms with van der Waals surface area (Å²) in [5.41, 5.74) is 0.835. The van der Waals surface area contributed by atoms with E-state index in [4.69, 9.17) is 21.1 Å². The minimum Gasteiger partial charge on any atom is -0.495 e. The highest BCUT2D eigenvalue weighted by atomic mass is 35.5. The Morgan fingerprint density at radius 2 is 1.80 bits per heavy atom. The molecule has 0 aliphatic carbocycles. The molecule has 0 saturated carbocycles. The zero-order valence-corrected chi connectivity index (χ0v) is 18.2. The highest BCUT2D eigenvalue weighted by Gasteiger charge is 2.21. The van der Waals surface area contributed by atoms with Gasteiger partial charge < -0.3 is 14.8 Å². The van der Waals surface area contributed by atoms with Crippen LogP contribution >= 0.6 is 11.6 Å². The van der Waals surface area contributed by atoms with Crippen LogP contribution in [0.2, 0.25) is 5.02 Å². The SMILES string of the molecule is CCOC(=O)CCNC(=O)c1ccc(OC)c(S(=O)(=O)NCc2ccc(Cl)cc2)c1. The topological polar surface area (TPSA) is 111 Å². The second-order valence-corrected chi connectivity index (χ2v) is 8.30. The predicted octanol–water partition coefficient (Wildman–Crippen LogP) is 2.51. The lowest BCUT2D eigenvalue weighted by Crippen LogP contribution is -2.27. The van der Waals surface area contributed by atoms with Gasteiger partial charge in [0.2, 0.25) is 10.0 Å². The molecule has 0 aliphatic heterocycles. The molecular weight excluding hydrogens is 432 g/mol. The van der Waals surface area contributed by atoms with Crippen LogP contribution in [-0.2, 0) is 26.1 Å². The number of benzene rings is 2. The summed E-state index contributed by atoms with van der Waals surface area (Å²) in [4.78, 5) is 23.5. The van der Waals surface area contributed by atoms with Crippen molar-refractivity contribution < 1.29 is 27.5 Å². The van der Waals surface area contributed by atoms with Gasteiger partial charge in [-0.25, -0.2) is 13.1 Å². The Balaban J connectivity index is 2.12. The van der Waals surface area contributed by atoms with Crippen molar-refractivity contribution in [3.8, 4) is 5.75 Å². The molecule has 0 aromatic heterocycles. The Labute approximate surface area is 180 Å². The first kappa shape index (κ1) is 23.7. The van der Waals surface area contributed by atoms with Gasteiger partial charge in [-0.2, -0.15) is 0 Å². The summed E-state index contributed by atoms with van der Waals surface area (Å²) in [7, 11) is -2.63. The molecule has 0 bridgehead atoms. The van der Waals surface area contributed by atoms with Crippen molar-refractivity contribution in [1.29, 1.82) is 0 Å². The van der Waals surface area contributed by atoms with E-state index in [9.17, 15) is 18.0 Å². The Morgan fingerprint density at radius 3 is 2.43 bits per heavy atom.